The second kappa shape index (κ2) is 3.05. The predicted octanol–water partition coefficient (Wildman–Crippen LogP) is 1.24. The summed E-state index contributed by atoms with van der Waals surface area (Å²) in [5, 5.41) is 0. The Kier molecular flexibility index (Phi) is 2.11. The minimum Gasteiger partial charge on any atom is -0.397 e. The number of hydrogen-bond acceptors (Lipinski definition) is 3. The fourth-order valence-corrected chi connectivity index (χ4v) is 0.790. The van der Waals surface area contributed by atoms with Crippen molar-refractivity contribution in [1.29, 1.82) is 0 Å². The molecule has 0 saturated carbocycles. The maximum Gasteiger partial charge on any atom is 0.0823 e. The van der Waals surface area contributed by atoms with Gasteiger partial charge in [-0.15, -0.1) is 0 Å². The number of pyridine rings is 1. The molecule has 3 nitrogen and oxygen atoms in total. The molecule has 3 heteroatoms. The van der Waals surface area contributed by atoms with E-state index in [-0.39, 0.29) is 0 Å². The number of anilines is 2. The van der Waals surface area contributed by atoms with Crippen LogP contribution in [0.2, 0.25) is 0 Å². The lowest BCUT2D eigenvalue weighted by Gasteiger charge is -2.14. The number of rotatable bonds is 2. The molecule has 0 fully saturated rings. The Morgan fingerprint density at radius 1 is 1.73 bits per heavy atom. The Labute approximate surface area is 66.2 Å². The maximum atomic E-state index is 5.67. The molecule has 0 spiro atoms. The monoisotopic (exact) mass is 149 g/mol. The van der Waals surface area contributed by atoms with Gasteiger partial charge < -0.3 is 10.6 Å². The largest absolute Gasteiger partial charge is 0.397 e. The highest BCUT2D eigenvalue weighted by molar-refractivity contribution is 5.66. The van der Waals surface area contributed by atoms with Crippen molar-refractivity contribution in [3.63, 3.8) is 0 Å². The van der Waals surface area contributed by atoms with E-state index in [1.165, 1.54) is 0 Å². The first-order valence-corrected chi connectivity index (χ1v) is 3.30. The smallest absolute Gasteiger partial charge is 0.0823 e. The fraction of sp³-hybridized carbons (Fsp3) is 0.125. The van der Waals surface area contributed by atoms with Gasteiger partial charge in [0.1, 0.15) is 0 Å². The Morgan fingerprint density at radius 3 is 3.00 bits per heavy atom. The molecule has 58 valence electrons. The van der Waals surface area contributed by atoms with Gasteiger partial charge in [0.15, 0.2) is 0 Å². The molecule has 1 heterocycles. The number of nitrogens with zero attached hydrogens (tertiary/aromatic N) is 2. The third-order valence-electron chi connectivity index (χ3n) is 1.49. The lowest BCUT2D eigenvalue weighted by atomic mass is 10.3. The molecule has 2 N–H and O–H groups in total. The van der Waals surface area contributed by atoms with Crippen molar-refractivity contribution in [2.75, 3.05) is 17.7 Å². The first kappa shape index (κ1) is 7.60. The Bertz CT molecular complexity index is 257. The third kappa shape index (κ3) is 1.49. The second-order valence-corrected chi connectivity index (χ2v) is 2.23. The molecule has 0 aromatic carbocycles. The summed E-state index contributed by atoms with van der Waals surface area (Å²) in [7, 11) is 1.88. The quantitative estimate of drug-likeness (QED) is 0.688. The van der Waals surface area contributed by atoms with Crippen molar-refractivity contribution in [2.24, 2.45) is 0 Å². The second-order valence-electron chi connectivity index (χ2n) is 2.23. The molecular formula is C8H11N3. The molecule has 0 aliphatic heterocycles. The van der Waals surface area contributed by atoms with E-state index in [2.05, 4.69) is 11.6 Å². The van der Waals surface area contributed by atoms with Crippen LogP contribution in [0.3, 0.4) is 0 Å². The van der Waals surface area contributed by atoms with Gasteiger partial charge in [0.25, 0.3) is 0 Å². The molecule has 11 heavy (non-hydrogen) atoms. The van der Waals surface area contributed by atoms with Crippen LogP contribution in [0.25, 0.3) is 0 Å². The molecule has 0 aliphatic carbocycles. The van der Waals surface area contributed by atoms with Gasteiger partial charge in [0, 0.05) is 13.2 Å². The molecular weight excluding hydrogens is 138 g/mol. The fourth-order valence-electron chi connectivity index (χ4n) is 0.790. The summed E-state index contributed by atoms with van der Waals surface area (Å²) in [5.74, 6) is 0. The maximum absolute atomic E-state index is 5.67. The highest BCUT2D eigenvalue weighted by Crippen LogP contribution is 2.18. The van der Waals surface area contributed by atoms with Gasteiger partial charge in [0.05, 0.1) is 17.6 Å². The first-order chi connectivity index (χ1) is 5.25. The van der Waals surface area contributed by atoms with Gasteiger partial charge in [-0.2, -0.15) is 0 Å². The summed E-state index contributed by atoms with van der Waals surface area (Å²) in [4.78, 5) is 5.77. The minimum absolute atomic E-state index is 0.711. The van der Waals surface area contributed by atoms with E-state index in [1.54, 1.807) is 24.7 Å². The highest BCUT2D eigenvalue weighted by Gasteiger charge is 1.99. The van der Waals surface area contributed by atoms with Gasteiger partial charge in [-0.25, -0.2) is 0 Å². The summed E-state index contributed by atoms with van der Waals surface area (Å²) in [6.07, 6.45) is 5.06. The van der Waals surface area contributed by atoms with Crippen molar-refractivity contribution < 1.29 is 0 Å². The van der Waals surface area contributed by atoms with E-state index < -0.39 is 0 Å². The molecule has 1 aromatic heterocycles. The van der Waals surface area contributed by atoms with Crippen molar-refractivity contribution in [2.45, 2.75) is 0 Å². The van der Waals surface area contributed by atoms with E-state index in [1.807, 2.05) is 11.9 Å². The van der Waals surface area contributed by atoms with Crippen molar-refractivity contribution >= 4 is 11.4 Å². The number of nitrogens with two attached hydrogens (primary N) is 1. The van der Waals surface area contributed by atoms with Crippen LogP contribution >= 0.6 is 0 Å². The molecule has 0 saturated heterocycles. The molecule has 1 rings (SSSR count). The molecule has 0 amide bonds. The number of hydrogen-bond donors (Lipinski definition) is 1. The van der Waals surface area contributed by atoms with Gasteiger partial charge in [-0.1, -0.05) is 6.58 Å². The molecule has 0 aliphatic rings. The van der Waals surface area contributed by atoms with Crippen molar-refractivity contribution in [1.82, 2.24) is 4.98 Å². The summed E-state index contributed by atoms with van der Waals surface area (Å²) < 4.78 is 0. The van der Waals surface area contributed by atoms with Crippen LogP contribution in [0.5, 0.6) is 0 Å². The van der Waals surface area contributed by atoms with Crippen molar-refractivity contribution in [3.8, 4) is 0 Å². The van der Waals surface area contributed by atoms with Gasteiger partial charge in [-0.3, -0.25) is 4.98 Å². The standard InChI is InChI=1S/C8H11N3/c1-3-11(2)8-6-10-5-4-7(8)9/h3-6H,1H2,2H3,(H2,9,10). The minimum atomic E-state index is 0.711. The molecule has 0 unspecified atom stereocenters. The molecule has 0 radical (unpaired) electrons. The van der Waals surface area contributed by atoms with E-state index in [9.17, 15) is 0 Å². The summed E-state index contributed by atoms with van der Waals surface area (Å²) in [5.41, 5.74) is 7.26. The van der Waals surface area contributed by atoms with Crippen LogP contribution in [-0.4, -0.2) is 12.0 Å². The Hall–Kier alpha value is -1.51. The average Bonchev–Trinajstić information content (AvgIpc) is 2.04. The number of nitrogen functional groups attached to an aromatic ring is 1. The predicted molar refractivity (Wildman–Crippen MR) is 47.2 cm³/mol. The Morgan fingerprint density at radius 2 is 2.45 bits per heavy atom. The van der Waals surface area contributed by atoms with Gasteiger partial charge >= 0.3 is 0 Å². The Balaban J connectivity index is 3.02. The summed E-state index contributed by atoms with van der Waals surface area (Å²) in [6.45, 7) is 3.62. The van der Waals surface area contributed by atoms with Crippen LogP contribution in [0.15, 0.2) is 31.2 Å². The third-order valence-corrected chi connectivity index (χ3v) is 1.49. The summed E-state index contributed by atoms with van der Waals surface area (Å²) >= 11 is 0. The average molecular weight is 149 g/mol. The van der Waals surface area contributed by atoms with E-state index in [4.69, 9.17) is 5.73 Å². The molecule has 1 aromatic rings. The summed E-state index contributed by atoms with van der Waals surface area (Å²) in [6, 6.07) is 1.76. The molecule has 0 atom stereocenters. The van der Waals surface area contributed by atoms with Gasteiger partial charge in [-0.05, 0) is 12.3 Å². The van der Waals surface area contributed by atoms with Crippen LogP contribution < -0.4 is 10.6 Å². The lowest BCUT2D eigenvalue weighted by molar-refractivity contribution is 1.18. The SMILES string of the molecule is C=CN(C)c1cnccc1N. The zero-order valence-electron chi connectivity index (χ0n) is 6.49. The zero-order valence-corrected chi connectivity index (χ0v) is 6.49. The first-order valence-electron chi connectivity index (χ1n) is 3.30. The highest BCUT2D eigenvalue weighted by atomic mass is 15.1. The van der Waals surface area contributed by atoms with E-state index in [0.717, 1.165) is 5.69 Å². The van der Waals surface area contributed by atoms with E-state index in [0.29, 0.717) is 5.69 Å². The van der Waals surface area contributed by atoms with Gasteiger partial charge in [0.2, 0.25) is 0 Å². The molecule has 0 bridgehead atoms. The lowest BCUT2D eigenvalue weighted by Crippen LogP contribution is -2.09. The topological polar surface area (TPSA) is 42.2 Å². The zero-order chi connectivity index (χ0) is 8.27. The van der Waals surface area contributed by atoms with Crippen molar-refractivity contribution in [3.05, 3.63) is 31.2 Å². The van der Waals surface area contributed by atoms with Crippen LogP contribution in [0.1, 0.15) is 0 Å². The van der Waals surface area contributed by atoms with Crippen LogP contribution in [0, 0.1) is 0 Å². The normalized spacial score (nSPS) is 9.18. The van der Waals surface area contributed by atoms with E-state index >= 15 is 0 Å². The van der Waals surface area contributed by atoms with Crippen LogP contribution in [-0.2, 0) is 0 Å². The number of aromatic nitrogens is 1. The van der Waals surface area contributed by atoms with Crippen LogP contribution in [0.4, 0.5) is 11.4 Å².